The van der Waals surface area contributed by atoms with Crippen LogP contribution < -0.4 is 0 Å². The normalized spacial score (nSPS) is 34.3. The van der Waals surface area contributed by atoms with Gasteiger partial charge in [0.15, 0.2) is 0 Å². The molecule has 0 aliphatic heterocycles. The van der Waals surface area contributed by atoms with Gasteiger partial charge in [-0.05, 0) is 30.3 Å². The molecule has 9 heavy (non-hydrogen) atoms. The Labute approximate surface area is 60.6 Å². The third kappa shape index (κ3) is 2.26. The van der Waals surface area contributed by atoms with Crippen molar-refractivity contribution in [1.82, 2.24) is 0 Å². The van der Waals surface area contributed by atoms with Crippen LogP contribution in [0.15, 0.2) is 0 Å². The minimum atomic E-state index is 0.630. The summed E-state index contributed by atoms with van der Waals surface area (Å²) in [4.78, 5) is 0. The largest absolute Gasteiger partial charge is 0.134 e. The Bertz CT molecular complexity index is 96.7. The summed E-state index contributed by atoms with van der Waals surface area (Å²) < 4.78 is 0. The lowest BCUT2D eigenvalue weighted by atomic mass is 9.77. The van der Waals surface area contributed by atoms with Crippen LogP contribution in [0.25, 0.3) is 0 Å². The second-order valence-corrected chi connectivity index (χ2v) is 4.96. The molecular weight excluding hydrogens is 127 g/mol. The van der Waals surface area contributed by atoms with E-state index >= 15 is 0 Å². The molecule has 1 aliphatic rings. The molecule has 1 rings (SSSR count). The average Bonchev–Trinajstić information content (AvgIpc) is 1.60. The summed E-state index contributed by atoms with van der Waals surface area (Å²) in [6.07, 6.45) is 5.69. The molecule has 0 aromatic heterocycles. The van der Waals surface area contributed by atoms with E-state index in [1.807, 2.05) is 0 Å². The Morgan fingerprint density at radius 1 is 1.44 bits per heavy atom. The monoisotopic (exact) mass is 144 g/mol. The number of hydrogen-bond acceptors (Lipinski definition) is 0. The molecule has 0 N–H and O–H groups in total. The van der Waals surface area contributed by atoms with Gasteiger partial charge in [-0.2, -0.15) is 0 Å². The van der Waals surface area contributed by atoms with Gasteiger partial charge >= 0.3 is 0 Å². The van der Waals surface area contributed by atoms with E-state index in [1.165, 1.54) is 25.7 Å². The Balaban J connectivity index is 2.41. The van der Waals surface area contributed by atoms with E-state index in [-0.39, 0.29) is 0 Å². The van der Waals surface area contributed by atoms with Crippen molar-refractivity contribution >= 4 is 9.24 Å². The van der Waals surface area contributed by atoms with Crippen LogP contribution in [-0.2, 0) is 0 Å². The molecule has 54 valence electrons. The van der Waals surface area contributed by atoms with Crippen molar-refractivity contribution in [2.45, 2.75) is 45.2 Å². The number of rotatable bonds is 0. The van der Waals surface area contributed by atoms with Crippen LogP contribution >= 0.6 is 9.24 Å². The van der Waals surface area contributed by atoms with Crippen LogP contribution in [0.5, 0.6) is 0 Å². The molecule has 0 heterocycles. The highest BCUT2D eigenvalue weighted by atomic mass is 31.0. The lowest BCUT2D eigenvalue weighted by Crippen LogP contribution is -2.22. The minimum absolute atomic E-state index is 0.630. The van der Waals surface area contributed by atoms with E-state index in [1.54, 1.807) is 0 Å². The van der Waals surface area contributed by atoms with Crippen molar-refractivity contribution in [2.24, 2.45) is 5.41 Å². The van der Waals surface area contributed by atoms with Crippen molar-refractivity contribution in [3.05, 3.63) is 0 Å². The van der Waals surface area contributed by atoms with Gasteiger partial charge in [-0.1, -0.05) is 20.3 Å². The zero-order valence-corrected chi connectivity index (χ0v) is 7.64. The first-order valence-corrected chi connectivity index (χ1v) is 4.52. The summed E-state index contributed by atoms with van der Waals surface area (Å²) in [5.74, 6) is 0. The lowest BCUT2D eigenvalue weighted by Gasteiger charge is -2.33. The molecule has 0 bridgehead atoms. The van der Waals surface area contributed by atoms with Crippen molar-refractivity contribution in [1.29, 1.82) is 0 Å². The quantitative estimate of drug-likeness (QED) is 0.458. The minimum Gasteiger partial charge on any atom is -0.134 e. The third-order valence-electron chi connectivity index (χ3n) is 2.24. The highest BCUT2D eigenvalue weighted by molar-refractivity contribution is 7.17. The van der Waals surface area contributed by atoms with Crippen LogP contribution in [-0.4, -0.2) is 5.66 Å². The van der Waals surface area contributed by atoms with Crippen molar-refractivity contribution in [3.8, 4) is 0 Å². The van der Waals surface area contributed by atoms with Gasteiger partial charge in [-0.3, -0.25) is 0 Å². The summed E-state index contributed by atoms with van der Waals surface area (Å²) in [5.41, 5.74) is 1.53. The van der Waals surface area contributed by atoms with E-state index in [9.17, 15) is 0 Å². The van der Waals surface area contributed by atoms with E-state index in [0.29, 0.717) is 5.41 Å². The van der Waals surface area contributed by atoms with Gasteiger partial charge in [0.05, 0.1) is 0 Å². The summed E-state index contributed by atoms with van der Waals surface area (Å²) in [6, 6.07) is 0. The van der Waals surface area contributed by atoms with Gasteiger partial charge < -0.3 is 0 Å². The zero-order chi connectivity index (χ0) is 6.91. The predicted octanol–water partition coefficient (Wildman–Crippen LogP) is 2.83. The first kappa shape index (κ1) is 7.54. The first-order valence-electron chi connectivity index (χ1n) is 3.86. The highest BCUT2D eigenvalue weighted by Gasteiger charge is 2.24. The van der Waals surface area contributed by atoms with E-state index in [4.69, 9.17) is 0 Å². The Morgan fingerprint density at radius 3 is 2.44 bits per heavy atom. The molecule has 0 radical (unpaired) electrons. The average molecular weight is 144 g/mol. The van der Waals surface area contributed by atoms with Crippen molar-refractivity contribution in [2.75, 3.05) is 0 Å². The standard InChI is InChI=1S/C8H17P/c1-8(2)5-3-4-7(9)6-8/h7H,3-6,9H2,1-2H3. The molecule has 2 atom stereocenters. The fourth-order valence-corrected chi connectivity index (χ4v) is 2.63. The first-order chi connectivity index (χ1) is 4.10. The van der Waals surface area contributed by atoms with Crippen LogP contribution in [0.3, 0.4) is 0 Å². The van der Waals surface area contributed by atoms with Gasteiger partial charge in [0.2, 0.25) is 0 Å². The second-order valence-electron chi connectivity index (χ2n) is 4.02. The molecule has 0 aromatic carbocycles. The smallest absolute Gasteiger partial charge is 0.0259 e. The molecule has 0 amide bonds. The predicted molar refractivity (Wildman–Crippen MR) is 45.7 cm³/mol. The Morgan fingerprint density at radius 2 is 2.11 bits per heavy atom. The second kappa shape index (κ2) is 2.58. The maximum atomic E-state index is 2.95. The van der Waals surface area contributed by atoms with Crippen LogP contribution in [0.1, 0.15) is 39.5 Å². The summed E-state index contributed by atoms with van der Waals surface area (Å²) >= 11 is 0. The molecule has 2 unspecified atom stereocenters. The summed E-state index contributed by atoms with van der Waals surface area (Å²) in [7, 11) is 2.95. The molecule has 0 spiro atoms. The molecule has 0 aromatic rings. The molecule has 1 fully saturated rings. The van der Waals surface area contributed by atoms with Gasteiger partial charge in [0.1, 0.15) is 0 Å². The van der Waals surface area contributed by atoms with E-state index in [2.05, 4.69) is 23.1 Å². The van der Waals surface area contributed by atoms with Crippen LogP contribution in [0.2, 0.25) is 0 Å². The van der Waals surface area contributed by atoms with Gasteiger partial charge in [-0.15, -0.1) is 9.24 Å². The summed E-state index contributed by atoms with van der Waals surface area (Å²) in [6.45, 7) is 4.76. The van der Waals surface area contributed by atoms with Crippen LogP contribution in [0, 0.1) is 5.41 Å². The molecule has 1 aliphatic carbocycles. The zero-order valence-electron chi connectivity index (χ0n) is 6.48. The molecule has 0 nitrogen and oxygen atoms in total. The molecule has 1 heteroatoms. The maximum Gasteiger partial charge on any atom is -0.0259 e. The van der Waals surface area contributed by atoms with E-state index in [0.717, 1.165) is 5.66 Å². The molecule has 0 saturated heterocycles. The fourth-order valence-electron chi connectivity index (χ4n) is 1.76. The van der Waals surface area contributed by atoms with Gasteiger partial charge in [0.25, 0.3) is 0 Å². The van der Waals surface area contributed by atoms with Gasteiger partial charge in [0, 0.05) is 0 Å². The molecule has 1 saturated carbocycles. The van der Waals surface area contributed by atoms with Crippen LogP contribution in [0.4, 0.5) is 0 Å². The maximum absolute atomic E-state index is 2.95. The SMILES string of the molecule is CC1(C)CCCC(P)C1. The van der Waals surface area contributed by atoms with Crippen molar-refractivity contribution < 1.29 is 0 Å². The van der Waals surface area contributed by atoms with Gasteiger partial charge in [-0.25, -0.2) is 0 Å². The highest BCUT2D eigenvalue weighted by Crippen LogP contribution is 2.37. The Kier molecular flexibility index (Phi) is 2.16. The van der Waals surface area contributed by atoms with Crippen molar-refractivity contribution in [3.63, 3.8) is 0 Å². The Hall–Kier alpha value is 0.430. The summed E-state index contributed by atoms with van der Waals surface area (Å²) in [5, 5.41) is 0. The number of hydrogen-bond donors (Lipinski definition) is 0. The molecular formula is C8H17P. The lowest BCUT2D eigenvalue weighted by molar-refractivity contribution is 0.250. The van der Waals surface area contributed by atoms with E-state index < -0.39 is 0 Å². The third-order valence-corrected chi connectivity index (χ3v) is 2.81. The topological polar surface area (TPSA) is 0 Å². The fraction of sp³-hybridized carbons (Fsp3) is 1.00.